The molecule has 0 aliphatic rings. The summed E-state index contributed by atoms with van der Waals surface area (Å²) in [4.78, 5) is 4.80. The summed E-state index contributed by atoms with van der Waals surface area (Å²) in [6.45, 7) is 4.29. The molecule has 0 bridgehead atoms. The standard InChI is InChI=1S/C5H8N2S3.BrH/c1-3(2)8-5-7-4(6)9-10-5;/h3,6H,1-2H3;1H. The van der Waals surface area contributed by atoms with Crippen molar-refractivity contribution in [3.05, 3.63) is 4.80 Å². The molecule has 0 aliphatic heterocycles. The predicted molar refractivity (Wildman–Crippen MR) is 46.0 cm³/mol. The van der Waals surface area contributed by atoms with E-state index in [-0.39, 0.29) is 17.0 Å². The van der Waals surface area contributed by atoms with Gasteiger partial charge in [0, 0.05) is 15.6 Å². The molecule has 6 heteroatoms. The van der Waals surface area contributed by atoms with Crippen LogP contribution in [0.25, 0.3) is 0 Å². The van der Waals surface area contributed by atoms with E-state index in [0.29, 0.717) is 10.1 Å². The first kappa shape index (κ1) is 11.6. The smallest absolute Gasteiger partial charge is 0.385 e. The minimum Gasteiger partial charge on any atom is -1.00 e. The van der Waals surface area contributed by atoms with Crippen molar-refractivity contribution in [2.75, 3.05) is 0 Å². The number of aromatic nitrogens is 1. The van der Waals surface area contributed by atoms with Crippen molar-refractivity contribution in [3.63, 3.8) is 0 Å². The van der Waals surface area contributed by atoms with Crippen LogP contribution in [0.5, 0.6) is 0 Å². The van der Waals surface area contributed by atoms with Gasteiger partial charge in [0.15, 0.2) is 0 Å². The third-order valence-electron chi connectivity index (χ3n) is 0.736. The highest BCUT2D eigenvalue weighted by Gasteiger charge is 2.07. The van der Waals surface area contributed by atoms with E-state index in [2.05, 4.69) is 18.8 Å². The average Bonchev–Trinajstić information content (AvgIpc) is 2.13. The molecule has 0 spiro atoms. The van der Waals surface area contributed by atoms with E-state index in [4.69, 9.17) is 5.41 Å². The quantitative estimate of drug-likeness (QED) is 0.473. The number of halogens is 1. The zero-order valence-corrected chi connectivity index (χ0v) is 10.2. The van der Waals surface area contributed by atoms with Crippen molar-refractivity contribution < 1.29 is 22.4 Å². The maximum absolute atomic E-state index is 5.46. The fraction of sp³-hybridized carbons (Fsp3) is 0.600. The van der Waals surface area contributed by atoms with Gasteiger partial charge < -0.3 is 17.0 Å². The molecule has 0 radical (unpaired) electrons. The predicted octanol–water partition coefficient (Wildman–Crippen LogP) is -2.63. The lowest BCUT2D eigenvalue weighted by molar-refractivity contribution is -0.172. The lowest BCUT2D eigenvalue weighted by atomic mass is 10.6. The first-order valence-corrected chi connectivity index (χ1v) is 5.93. The van der Waals surface area contributed by atoms with Crippen molar-refractivity contribution in [2.24, 2.45) is 0 Å². The van der Waals surface area contributed by atoms with Crippen molar-refractivity contribution >= 4 is 32.4 Å². The molecule has 64 valence electrons. The summed E-state index contributed by atoms with van der Waals surface area (Å²) >= 11 is 1.76. The zero-order valence-electron chi connectivity index (χ0n) is 6.20. The molecule has 0 amide bonds. The summed E-state index contributed by atoms with van der Waals surface area (Å²) < 4.78 is 1.08. The Morgan fingerprint density at radius 2 is 2.09 bits per heavy atom. The van der Waals surface area contributed by atoms with Gasteiger partial charge in [0.1, 0.15) is 0 Å². The van der Waals surface area contributed by atoms with Gasteiger partial charge in [-0.1, -0.05) is 25.6 Å². The van der Waals surface area contributed by atoms with Crippen LogP contribution in [-0.2, 0) is 0 Å². The van der Waals surface area contributed by atoms with Crippen molar-refractivity contribution in [1.82, 2.24) is 4.98 Å². The van der Waals surface area contributed by atoms with E-state index in [1.54, 1.807) is 22.1 Å². The largest absolute Gasteiger partial charge is 1.00 e. The Morgan fingerprint density at radius 3 is 2.45 bits per heavy atom. The first-order valence-electron chi connectivity index (χ1n) is 2.91. The summed E-state index contributed by atoms with van der Waals surface area (Å²) in [7, 11) is 3.18. The van der Waals surface area contributed by atoms with Crippen LogP contribution in [0, 0.1) is 0 Å². The second-order valence-corrected chi connectivity index (χ2v) is 6.01. The Bertz CT molecular complexity index is 254. The fourth-order valence-electron chi connectivity index (χ4n) is 0.453. The molecule has 0 saturated carbocycles. The third kappa shape index (κ3) is 4.25. The van der Waals surface area contributed by atoms with Crippen LogP contribution in [0.15, 0.2) is 4.34 Å². The van der Waals surface area contributed by atoms with E-state index >= 15 is 0 Å². The zero-order chi connectivity index (χ0) is 7.56. The molecule has 0 aliphatic carbocycles. The lowest BCUT2D eigenvalue weighted by Gasteiger charge is -1.93. The van der Waals surface area contributed by atoms with E-state index in [1.165, 1.54) is 10.3 Å². The first-order chi connectivity index (χ1) is 4.68. The van der Waals surface area contributed by atoms with Crippen molar-refractivity contribution in [2.45, 2.75) is 23.4 Å². The van der Waals surface area contributed by atoms with Crippen LogP contribution in [0.2, 0.25) is 0 Å². The summed E-state index contributed by atoms with van der Waals surface area (Å²) in [5, 5.41) is 6.05. The molecule has 1 aromatic rings. The van der Waals surface area contributed by atoms with Gasteiger partial charge in [-0.3, -0.25) is 5.41 Å². The maximum atomic E-state index is 5.46. The van der Waals surface area contributed by atoms with Gasteiger partial charge >= 0.3 is 4.80 Å². The van der Waals surface area contributed by atoms with E-state index in [0.717, 1.165) is 4.34 Å². The number of nitrogens with two attached hydrogens (primary N) is 1. The molecule has 2 nitrogen and oxygen atoms in total. The number of hydrogen-bond donors (Lipinski definition) is 1. The second-order valence-electron chi connectivity index (χ2n) is 2.05. The minimum absolute atomic E-state index is 0. The van der Waals surface area contributed by atoms with E-state index < -0.39 is 0 Å². The van der Waals surface area contributed by atoms with Gasteiger partial charge in [-0.2, -0.15) is 0 Å². The molecule has 1 rings (SSSR count). The molecule has 0 fully saturated rings. The van der Waals surface area contributed by atoms with Crippen molar-refractivity contribution in [3.8, 4) is 0 Å². The van der Waals surface area contributed by atoms with Crippen LogP contribution < -0.4 is 27.2 Å². The number of thioether (sulfide) groups is 1. The molecule has 1 aromatic heterocycles. The Hall–Kier alpha value is 0.610. The molecule has 0 aromatic carbocycles. The average molecular weight is 273 g/mol. The molecular formula is C5H9BrN2S3. The van der Waals surface area contributed by atoms with Gasteiger partial charge in [-0.15, -0.1) is 0 Å². The maximum Gasteiger partial charge on any atom is 0.385 e. The van der Waals surface area contributed by atoms with Gasteiger partial charge in [0.25, 0.3) is 4.34 Å². The van der Waals surface area contributed by atoms with E-state index in [9.17, 15) is 0 Å². The molecule has 2 N–H and O–H groups in total. The Balaban J connectivity index is 0.000001000. The van der Waals surface area contributed by atoms with E-state index in [1.807, 2.05) is 0 Å². The lowest BCUT2D eigenvalue weighted by Crippen LogP contribution is -3.00. The SMILES string of the molecule is CC(C)Sc1nc(=[NH2+])ss1.[Br-]. The normalized spacial score (nSPS) is 9.73. The Labute approximate surface area is 87.7 Å². The number of nitrogens with zero attached hydrogens (tertiary/aromatic N) is 1. The summed E-state index contributed by atoms with van der Waals surface area (Å²) in [6.07, 6.45) is 0. The molecule has 1 heterocycles. The fourth-order valence-corrected chi connectivity index (χ4v) is 3.63. The highest BCUT2D eigenvalue weighted by atomic mass is 79.9. The van der Waals surface area contributed by atoms with Gasteiger partial charge in [-0.05, 0) is 15.3 Å². The van der Waals surface area contributed by atoms with Crippen LogP contribution in [0.4, 0.5) is 0 Å². The minimum atomic E-state index is 0. The van der Waals surface area contributed by atoms with Gasteiger partial charge in [0.2, 0.25) is 0 Å². The Morgan fingerprint density at radius 1 is 1.45 bits per heavy atom. The van der Waals surface area contributed by atoms with Gasteiger partial charge in [0.05, 0.1) is 0 Å². The number of rotatable bonds is 2. The van der Waals surface area contributed by atoms with Crippen molar-refractivity contribution in [1.29, 1.82) is 0 Å². The molecular weight excluding hydrogens is 264 g/mol. The van der Waals surface area contributed by atoms with Crippen LogP contribution in [0.1, 0.15) is 13.8 Å². The Kier molecular flexibility index (Phi) is 5.58. The molecule has 11 heavy (non-hydrogen) atoms. The topological polar surface area (TPSA) is 38.5 Å². The summed E-state index contributed by atoms with van der Waals surface area (Å²) in [6, 6.07) is 0. The monoisotopic (exact) mass is 272 g/mol. The molecule has 0 saturated heterocycles. The van der Waals surface area contributed by atoms with Crippen LogP contribution in [0.3, 0.4) is 0 Å². The second kappa shape index (κ2) is 5.29. The summed E-state index contributed by atoms with van der Waals surface area (Å²) in [5.41, 5.74) is 0. The van der Waals surface area contributed by atoms with Gasteiger partial charge in [-0.25, -0.2) is 0 Å². The molecule has 0 unspecified atom stereocenters. The summed E-state index contributed by atoms with van der Waals surface area (Å²) in [5.74, 6) is 0. The van der Waals surface area contributed by atoms with Crippen LogP contribution in [-0.4, -0.2) is 10.2 Å². The highest BCUT2D eigenvalue weighted by Crippen LogP contribution is 2.24. The highest BCUT2D eigenvalue weighted by molar-refractivity contribution is 8.03. The molecule has 0 atom stereocenters. The third-order valence-corrected chi connectivity index (χ3v) is 4.17. The van der Waals surface area contributed by atoms with Crippen LogP contribution >= 0.6 is 32.4 Å². The number of hydrogen-bond acceptors (Lipinski definition) is 4.